The zero-order chi connectivity index (χ0) is 14.1. The van der Waals surface area contributed by atoms with Crippen LogP contribution in [0.15, 0.2) is 30.7 Å². The lowest BCUT2D eigenvalue weighted by Gasteiger charge is -2.24. The molecule has 2 aliphatic rings. The van der Waals surface area contributed by atoms with Crippen LogP contribution in [0.3, 0.4) is 0 Å². The largest absolute Gasteiger partial charge is 0.295 e. The Balaban J connectivity index is 1.40. The highest BCUT2D eigenvalue weighted by Crippen LogP contribution is 2.34. The molecule has 5 nitrogen and oxygen atoms in total. The van der Waals surface area contributed by atoms with Gasteiger partial charge in [-0.05, 0) is 31.4 Å². The van der Waals surface area contributed by atoms with Crippen LogP contribution in [0.5, 0.6) is 0 Å². The van der Waals surface area contributed by atoms with E-state index in [-0.39, 0.29) is 0 Å². The third kappa shape index (κ3) is 2.70. The lowest BCUT2D eigenvalue weighted by atomic mass is 9.85. The van der Waals surface area contributed by atoms with Gasteiger partial charge in [0.05, 0.1) is 11.7 Å². The second-order valence-electron chi connectivity index (χ2n) is 6.20. The van der Waals surface area contributed by atoms with Crippen LogP contribution in [0.25, 0.3) is 0 Å². The van der Waals surface area contributed by atoms with Gasteiger partial charge in [0.1, 0.15) is 5.82 Å². The van der Waals surface area contributed by atoms with E-state index in [4.69, 9.17) is 4.98 Å². The molecule has 1 unspecified atom stereocenters. The lowest BCUT2D eigenvalue weighted by molar-refractivity contribution is 0.306. The Bertz CT molecular complexity index is 590. The van der Waals surface area contributed by atoms with E-state index in [9.17, 15) is 0 Å². The lowest BCUT2D eigenvalue weighted by Crippen LogP contribution is -2.23. The van der Waals surface area contributed by atoms with Gasteiger partial charge in [-0.25, -0.2) is 9.97 Å². The van der Waals surface area contributed by atoms with Crippen molar-refractivity contribution in [3.63, 3.8) is 0 Å². The third-order valence-electron chi connectivity index (χ3n) is 4.73. The molecule has 0 spiro atoms. The molecule has 110 valence electrons. The van der Waals surface area contributed by atoms with Crippen molar-refractivity contribution in [2.24, 2.45) is 0 Å². The van der Waals surface area contributed by atoms with Crippen molar-refractivity contribution in [1.82, 2.24) is 24.6 Å². The quantitative estimate of drug-likeness (QED) is 0.864. The molecular weight excluding hydrogens is 262 g/mol. The van der Waals surface area contributed by atoms with Crippen molar-refractivity contribution >= 4 is 0 Å². The SMILES string of the molecule is c1cnn(C2CCN(Cc3ccnc(C4CCC4)n3)C2)c1. The summed E-state index contributed by atoms with van der Waals surface area (Å²) in [6, 6.07) is 4.56. The Hall–Kier alpha value is -1.75. The summed E-state index contributed by atoms with van der Waals surface area (Å²) in [5.41, 5.74) is 1.16. The van der Waals surface area contributed by atoms with Gasteiger partial charge in [-0.2, -0.15) is 5.10 Å². The van der Waals surface area contributed by atoms with Gasteiger partial charge in [0.2, 0.25) is 0 Å². The molecule has 2 aromatic heterocycles. The van der Waals surface area contributed by atoms with E-state index in [1.54, 1.807) is 0 Å². The summed E-state index contributed by atoms with van der Waals surface area (Å²) < 4.78 is 2.08. The van der Waals surface area contributed by atoms with Crippen molar-refractivity contribution < 1.29 is 0 Å². The van der Waals surface area contributed by atoms with Crippen molar-refractivity contribution in [3.8, 4) is 0 Å². The van der Waals surface area contributed by atoms with E-state index in [2.05, 4.69) is 31.9 Å². The summed E-state index contributed by atoms with van der Waals surface area (Å²) in [5, 5.41) is 4.36. The van der Waals surface area contributed by atoms with E-state index in [1.165, 1.54) is 25.7 Å². The first kappa shape index (κ1) is 13.0. The van der Waals surface area contributed by atoms with E-state index >= 15 is 0 Å². The molecule has 21 heavy (non-hydrogen) atoms. The van der Waals surface area contributed by atoms with Crippen LogP contribution in [0.2, 0.25) is 0 Å². The number of rotatable bonds is 4. The molecule has 1 saturated heterocycles. The third-order valence-corrected chi connectivity index (χ3v) is 4.73. The number of hydrogen-bond donors (Lipinski definition) is 0. The molecule has 0 radical (unpaired) electrons. The van der Waals surface area contributed by atoms with E-state index < -0.39 is 0 Å². The minimum atomic E-state index is 0.507. The fourth-order valence-electron chi connectivity index (χ4n) is 3.26. The molecule has 0 amide bonds. The summed E-state index contributed by atoms with van der Waals surface area (Å²) in [6.45, 7) is 3.11. The number of hydrogen-bond acceptors (Lipinski definition) is 4. The highest BCUT2D eigenvalue weighted by Gasteiger charge is 2.25. The number of nitrogens with zero attached hydrogens (tertiary/aromatic N) is 5. The predicted molar refractivity (Wildman–Crippen MR) is 79.8 cm³/mol. The van der Waals surface area contributed by atoms with E-state index in [0.717, 1.165) is 31.2 Å². The molecule has 4 rings (SSSR count). The van der Waals surface area contributed by atoms with Crippen LogP contribution in [-0.4, -0.2) is 37.7 Å². The summed E-state index contributed by atoms with van der Waals surface area (Å²) in [7, 11) is 0. The second kappa shape index (κ2) is 5.56. The fraction of sp³-hybridized carbons (Fsp3) is 0.562. The van der Waals surface area contributed by atoms with Gasteiger partial charge in [-0.1, -0.05) is 6.42 Å². The first-order chi connectivity index (χ1) is 10.4. The number of likely N-dealkylation sites (tertiary alicyclic amines) is 1. The van der Waals surface area contributed by atoms with Gasteiger partial charge in [-0.3, -0.25) is 9.58 Å². The standard InChI is InChI=1S/C16H21N5/c1-3-13(4-1)16-17-8-5-14(19-16)11-20-10-6-15(12-20)21-9-2-7-18-21/h2,5,7-9,13,15H,1,3-4,6,10-12H2. The molecule has 1 atom stereocenters. The minimum absolute atomic E-state index is 0.507. The molecule has 2 aromatic rings. The summed E-state index contributed by atoms with van der Waals surface area (Å²) in [5.74, 6) is 1.67. The molecule has 2 fully saturated rings. The van der Waals surface area contributed by atoms with Crippen LogP contribution >= 0.6 is 0 Å². The normalized spacial score (nSPS) is 23.3. The molecule has 0 bridgehead atoms. The van der Waals surface area contributed by atoms with E-state index in [1.807, 2.05) is 18.5 Å². The molecule has 1 aliphatic heterocycles. The Morgan fingerprint density at radius 2 is 2.14 bits per heavy atom. The van der Waals surface area contributed by atoms with Gasteiger partial charge in [0.25, 0.3) is 0 Å². The van der Waals surface area contributed by atoms with Gasteiger partial charge < -0.3 is 0 Å². The Morgan fingerprint density at radius 1 is 1.19 bits per heavy atom. The molecule has 5 heteroatoms. The van der Waals surface area contributed by atoms with Gasteiger partial charge in [0, 0.05) is 44.1 Å². The van der Waals surface area contributed by atoms with Gasteiger partial charge in [0.15, 0.2) is 0 Å². The first-order valence-corrected chi connectivity index (χ1v) is 7.92. The maximum Gasteiger partial charge on any atom is 0.131 e. The average molecular weight is 283 g/mol. The minimum Gasteiger partial charge on any atom is -0.295 e. The zero-order valence-corrected chi connectivity index (χ0v) is 12.2. The molecule has 0 N–H and O–H groups in total. The number of aromatic nitrogens is 4. The van der Waals surface area contributed by atoms with Crippen molar-refractivity contribution in [3.05, 3.63) is 42.2 Å². The summed E-state index contributed by atoms with van der Waals surface area (Å²) in [4.78, 5) is 11.7. The summed E-state index contributed by atoms with van der Waals surface area (Å²) >= 11 is 0. The fourth-order valence-corrected chi connectivity index (χ4v) is 3.26. The Labute approximate surface area is 125 Å². The zero-order valence-electron chi connectivity index (χ0n) is 12.2. The topological polar surface area (TPSA) is 46.8 Å². The van der Waals surface area contributed by atoms with Crippen LogP contribution in [0, 0.1) is 0 Å². The van der Waals surface area contributed by atoms with E-state index in [0.29, 0.717) is 12.0 Å². The van der Waals surface area contributed by atoms with Crippen LogP contribution in [-0.2, 0) is 6.54 Å². The predicted octanol–water partition coefficient (Wildman–Crippen LogP) is 2.39. The molecular formula is C16H21N5. The maximum atomic E-state index is 4.77. The maximum absolute atomic E-state index is 4.77. The van der Waals surface area contributed by atoms with Gasteiger partial charge in [-0.15, -0.1) is 0 Å². The van der Waals surface area contributed by atoms with Gasteiger partial charge >= 0.3 is 0 Å². The molecule has 1 saturated carbocycles. The average Bonchev–Trinajstić information content (AvgIpc) is 3.07. The summed E-state index contributed by atoms with van der Waals surface area (Å²) in [6.07, 6.45) is 10.9. The monoisotopic (exact) mass is 283 g/mol. The van der Waals surface area contributed by atoms with Crippen LogP contribution in [0.1, 0.15) is 49.2 Å². The molecule has 3 heterocycles. The van der Waals surface area contributed by atoms with Crippen LogP contribution < -0.4 is 0 Å². The molecule has 1 aliphatic carbocycles. The Kier molecular flexibility index (Phi) is 3.43. The molecule has 0 aromatic carbocycles. The van der Waals surface area contributed by atoms with Crippen molar-refractivity contribution in [2.45, 2.75) is 44.2 Å². The first-order valence-electron chi connectivity index (χ1n) is 7.92. The highest BCUT2D eigenvalue weighted by molar-refractivity contribution is 5.08. The van der Waals surface area contributed by atoms with Crippen molar-refractivity contribution in [1.29, 1.82) is 0 Å². The van der Waals surface area contributed by atoms with Crippen LogP contribution in [0.4, 0.5) is 0 Å². The Morgan fingerprint density at radius 3 is 2.90 bits per heavy atom. The smallest absolute Gasteiger partial charge is 0.131 e. The highest BCUT2D eigenvalue weighted by atomic mass is 15.3. The van der Waals surface area contributed by atoms with Crippen molar-refractivity contribution in [2.75, 3.05) is 13.1 Å². The second-order valence-corrected chi connectivity index (χ2v) is 6.20.